The molecule has 18 heavy (non-hydrogen) atoms. The highest BCUT2D eigenvalue weighted by Gasteiger charge is 2.35. The molecule has 0 aliphatic carbocycles. The summed E-state index contributed by atoms with van der Waals surface area (Å²) in [6, 6.07) is -0.0310. The van der Waals surface area contributed by atoms with E-state index >= 15 is 0 Å². The summed E-state index contributed by atoms with van der Waals surface area (Å²) in [5.41, 5.74) is 6.07. The van der Waals surface area contributed by atoms with E-state index in [1.807, 2.05) is 14.0 Å². The number of piperazine rings is 1. The van der Waals surface area contributed by atoms with Gasteiger partial charge in [-0.25, -0.2) is 13.4 Å². The number of nitrogen functional groups attached to an aromatic ring is 1. The molecule has 1 aromatic heterocycles. The molecule has 1 aliphatic rings. The smallest absolute Gasteiger partial charge is 0.254 e. The van der Waals surface area contributed by atoms with Crippen LogP contribution in [0.3, 0.4) is 0 Å². The monoisotopic (exact) mass is 290 g/mol. The molecule has 1 aliphatic heterocycles. The molecule has 1 unspecified atom stereocenters. The normalized spacial score (nSPS) is 23.4. The number of rotatable bonds is 2. The lowest BCUT2D eigenvalue weighted by molar-refractivity contribution is 0.170. The fourth-order valence-corrected chi connectivity index (χ4v) is 5.25. The predicted octanol–water partition coefficient (Wildman–Crippen LogP) is 0.358. The molecule has 0 amide bonds. The number of aryl methyl sites for hydroxylation is 1. The van der Waals surface area contributed by atoms with Crippen molar-refractivity contribution < 1.29 is 8.42 Å². The Morgan fingerprint density at radius 1 is 1.44 bits per heavy atom. The highest BCUT2D eigenvalue weighted by Crippen LogP contribution is 2.29. The van der Waals surface area contributed by atoms with Gasteiger partial charge in [0.2, 0.25) is 0 Å². The van der Waals surface area contributed by atoms with Crippen molar-refractivity contribution in [2.75, 3.05) is 32.4 Å². The summed E-state index contributed by atoms with van der Waals surface area (Å²) < 4.78 is 26.9. The maximum atomic E-state index is 12.6. The van der Waals surface area contributed by atoms with Gasteiger partial charge in [0.05, 0.1) is 5.69 Å². The number of aromatic nitrogens is 1. The van der Waals surface area contributed by atoms with Crippen molar-refractivity contribution in [3.8, 4) is 0 Å². The molecule has 0 radical (unpaired) electrons. The number of nitrogens with two attached hydrogens (primary N) is 1. The van der Waals surface area contributed by atoms with Gasteiger partial charge >= 0.3 is 0 Å². The third-order valence-corrected chi connectivity index (χ3v) is 6.67. The van der Waals surface area contributed by atoms with Gasteiger partial charge in [-0.2, -0.15) is 4.31 Å². The number of anilines is 1. The number of nitrogens with zero attached hydrogens (tertiary/aromatic N) is 3. The van der Waals surface area contributed by atoms with Gasteiger partial charge < -0.3 is 10.6 Å². The molecule has 2 rings (SSSR count). The first-order valence-electron chi connectivity index (χ1n) is 5.75. The maximum Gasteiger partial charge on any atom is 0.254 e. The standard InChI is InChI=1S/C10H18N4O2S2/c1-7-6-13(3)4-5-14(7)18(15,16)9-8(2)12-10(11)17-9/h7H,4-6H2,1-3H3,(H2,11,12). The Hall–Kier alpha value is -0.700. The molecular formula is C10H18N4O2S2. The molecule has 8 heteroatoms. The first kappa shape index (κ1) is 13.7. The van der Waals surface area contributed by atoms with E-state index in [0.29, 0.717) is 17.4 Å². The van der Waals surface area contributed by atoms with E-state index in [-0.39, 0.29) is 10.3 Å². The fourth-order valence-electron chi connectivity index (χ4n) is 2.23. The Morgan fingerprint density at radius 2 is 2.11 bits per heavy atom. The Balaban J connectivity index is 2.34. The molecule has 2 N–H and O–H groups in total. The molecule has 6 nitrogen and oxygen atoms in total. The van der Waals surface area contributed by atoms with E-state index in [0.717, 1.165) is 24.4 Å². The van der Waals surface area contributed by atoms with E-state index in [9.17, 15) is 8.42 Å². The molecule has 0 aromatic carbocycles. The lowest BCUT2D eigenvalue weighted by atomic mass is 10.2. The molecule has 1 aromatic rings. The van der Waals surface area contributed by atoms with Crippen LogP contribution < -0.4 is 5.73 Å². The molecule has 1 fully saturated rings. The van der Waals surface area contributed by atoms with Gasteiger partial charge in [0.15, 0.2) is 9.34 Å². The van der Waals surface area contributed by atoms with Gasteiger partial charge in [0, 0.05) is 25.7 Å². The number of thiazole rings is 1. The summed E-state index contributed by atoms with van der Waals surface area (Å²) in [6.07, 6.45) is 0. The Labute approximate surface area is 111 Å². The van der Waals surface area contributed by atoms with E-state index in [2.05, 4.69) is 9.88 Å². The summed E-state index contributed by atoms with van der Waals surface area (Å²) in [4.78, 5) is 6.12. The summed E-state index contributed by atoms with van der Waals surface area (Å²) in [5, 5.41) is 0.299. The van der Waals surface area contributed by atoms with Crippen LogP contribution in [0.25, 0.3) is 0 Å². The average Bonchev–Trinajstić information content (AvgIpc) is 2.57. The van der Waals surface area contributed by atoms with E-state index in [1.165, 1.54) is 0 Å². The quantitative estimate of drug-likeness (QED) is 0.850. The number of hydrogen-bond acceptors (Lipinski definition) is 6. The van der Waals surface area contributed by atoms with Crippen LogP contribution in [-0.4, -0.2) is 55.3 Å². The predicted molar refractivity (Wildman–Crippen MR) is 72.1 cm³/mol. The third-order valence-electron chi connectivity index (χ3n) is 3.08. The number of sulfonamides is 1. The molecule has 0 saturated carbocycles. The lowest BCUT2D eigenvalue weighted by Gasteiger charge is -2.36. The van der Waals surface area contributed by atoms with Gasteiger partial charge in [-0.1, -0.05) is 11.3 Å². The highest BCUT2D eigenvalue weighted by atomic mass is 32.2. The van der Waals surface area contributed by atoms with Crippen LogP contribution in [0.5, 0.6) is 0 Å². The van der Waals surface area contributed by atoms with Crippen LogP contribution in [0.1, 0.15) is 12.6 Å². The molecule has 1 atom stereocenters. The van der Waals surface area contributed by atoms with Crippen molar-refractivity contribution in [2.24, 2.45) is 0 Å². The Morgan fingerprint density at radius 3 is 2.61 bits per heavy atom. The summed E-state index contributed by atoms with van der Waals surface area (Å²) in [6.45, 7) is 5.61. The molecule has 0 spiro atoms. The van der Waals surface area contributed by atoms with Gasteiger partial charge in [0.25, 0.3) is 10.0 Å². The van der Waals surface area contributed by atoms with Gasteiger partial charge in [0.1, 0.15) is 0 Å². The number of hydrogen-bond donors (Lipinski definition) is 1. The second kappa shape index (κ2) is 4.76. The minimum absolute atomic E-state index is 0.0310. The second-order valence-corrected chi connectivity index (χ2v) is 7.77. The van der Waals surface area contributed by atoms with Crippen molar-refractivity contribution in [3.05, 3.63) is 5.69 Å². The maximum absolute atomic E-state index is 12.6. The van der Waals surface area contributed by atoms with Crippen LogP contribution in [-0.2, 0) is 10.0 Å². The van der Waals surface area contributed by atoms with Crippen LogP contribution >= 0.6 is 11.3 Å². The minimum atomic E-state index is -3.46. The van der Waals surface area contributed by atoms with Crippen LogP contribution in [0.15, 0.2) is 4.21 Å². The Bertz CT molecular complexity index is 540. The van der Waals surface area contributed by atoms with Crippen LogP contribution in [0.4, 0.5) is 5.13 Å². The number of likely N-dealkylation sites (N-methyl/N-ethyl adjacent to an activating group) is 1. The minimum Gasteiger partial charge on any atom is -0.375 e. The molecular weight excluding hydrogens is 272 g/mol. The largest absolute Gasteiger partial charge is 0.375 e. The second-order valence-electron chi connectivity index (χ2n) is 4.65. The van der Waals surface area contributed by atoms with Crippen LogP contribution in [0.2, 0.25) is 0 Å². The summed E-state index contributed by atoms with van der Waals surface area (Å²) in [5.74, 6) is 0. The zero-order chi connectivity index (χ0) is 13.5. The lowest BCUT2D eigenvalue weighted by Crippen LogP contribution is -2.52. The summed E-state index contributed by atoms with van der Waals surface area (Å²) in [7, 11) is -1.47. The van der Waals surface area contributed by atoms with Crippen molar-refractivity contribution >= 4 is 26.5 Å². The molecule has 0 bridgehead atoms. The van der Waals surface area contributed by atoms with E-state index in [1.54, 1.807) is 11.2 Å². The third kappa shape index (κ3) is 2.37. The topological polar surface area (TPSA) is 79.5 Å². The molecule has 102 valence electrons. The van der Waals surface area contributed by atoms with E-state index < -0.39 is 10.0 Å². The van der Waals surface area contributed by atoms with Crippen molar-refractivity contribution in [2.45, 2.75) is 24.1 Å². The van der Waals surface area contributed by atoms with E-state index in [4.69, 9.17) is 5.73 Å². The SMILES string of the molecule is Cc1nc(N)sc1S(=O)(=O)N1CCN(C)CC1C. The zero-order valence-corrected chi connectivity index (χ0v) is 12.4. The van der Waals surface area contributed by atoms with Gasteiger partial charge in [-0.05, 0) is 20.9 Å². The molecule has 2 heterocycles. The molecule has 1 saturated heterocycles. The van der Waals surface area contributed by atoms with Gasteiger partial charge in [-0.3, -0.25) is 0 Å². The van der Waals surface area contributed by atoms with Gasteiger partial charge in [-0.15, -0.1) is 0 Å². The summed E-state index contributed by atoms with van der Waals surface area (Å²) >= 11 is 1.04. The average molecular weight is 290 g/mol. The highest BCUT2D eigenvalue weighted by molar-refractivity contribution is 7.91. The first-order chi connectivity index (χ1) is 8.32. The zero-order valence-electron chi connectivity index (χ0n) is 10.8. The van der Waals surface area contributed by atoms with Crippen LogP contribution in [0, 0.1) is 6.92 Å². The van der Waals surface area contributed by atoms with Crippen molar-refractivity contribution in [1.82, 2.24) is 14.2 Å². The first-order valence-corrected chi connectivity index (χ1v) is 8.01. The van der Waals surface area contributed by atoms with Crippen molar-refractivity contribution in [1.29, 1.82) is 0 Å². The van der Waals surface area contributed by atoms with Crippen molar-refractivity contribution in [3.63, 3.8) is 0 Å². The Kier molecular flexibility index (Phi) is 3.63. The fraction of sp³-hybridized carbons (Fsp3) is 0.700.